The molecular weight excluding hydrogens is 255 g/mol. The molecule has 2 aromatic rings. The Labute approximate surface area is 118 Å². The minimum Gasteiger partial charge on any atom is -0.349 e. The number of carbonyl (C=O) groups excluding carboxylic acids is 1. The molecule has 2 atom stereocenters. The van der Waals surface area contributed by atoms with Crippen LogP contribution in [0.25, 0.3) is 10.8 Å². The number of halogens is 1. The van der Waals surface area contributed by atoms with Gasteiger partial charge in [0, 0.05) is 17.0 Å². The average Bonchev–Trinajstić information content (AvgIpc) is 2.46. The van der Waals surface area contributed by atoms with E-state index < -0.39 is 0 Å². The van der Waals surface area contributed by atoms with E-state index in [-0.39, 0.29) is 23.7 Å². The maximum absolute atomic E-state index is 13.7. The van der Waals surface area contributed by atoms with Crippen LogP contribution in [0.5, 0.6) is 0 Å². The quantitative estimate of drug-likeness (QED) is 0.900. The van der Waals surface area contributed by atoms with Crippen LogP contribution >= 0.6 is 0 Å². The summed E-state index contributed by atoms with van der Waals surface area (Å²) >= 11 is 0. The van der Waals surface area contributed by atoms with Crippen molar-refractivity contribution in [1.29, 1.82) is 0 Å². The predicted molar refractivity (Wildman–Crippen MR) is 79.1 cm³/mol. The van der Waals surface area contributed by atoms with Gasteiger partial charge in [-0.1, -0.05) is 31.2 Å². The summed E-state index contributed by atoms with van der Waals surface area (Å²) in [6.07, 6.45) is 0. The molecule has 4 heteroatoms. The summed E-state index contributed by atoms with van der Waals surface area (Å²) in [7, 11) is 0. The van der Waals surface area contributed by atoms with E-state index >= 15 is 0 Å². The number of rotatable bonds is 4. The lowest BCUT2D eigenvalue weighted by Crippen LogP contribution is -2.39. The number of nitrogens with two attached hydrogens (primary N) is 1. The molecule has 2 unspecified atom stereocenters. The van der Waals surface area contributed by atoms with Gasteiger partial charge in [-0.15, -0.1) is 0 Å². The van der Waals surface area contributed by atoms with Crippen molar-refractivity contribution in [1.82, 2.24) is 5.32 Å². The molecule has 0 heterocycles. The second-order valence-electron chi connectivity index (χ2n) is 5.12. The summed E-state index contributed by atoms with van der Waals surface area (Å²) in [5.74, 6) is -0.333. The molecule has 2 rings (SSSR count). The molecule has 0 spiro atoms. The summed E-state index contributed by atoms with van der Waals surface area (Å²) in [5, 5.41) is 4.00. The van der Waals surface area contributed by atoms with Crippen LogP contribution in [-0.4, -0.2) is 18.5 Å². The standard InChI is InChI=1S/C16H19FN2O/c1-10(9-18)11(2)19-16(20)14-7-8-15(17)13-6-4-3-5-12(13)14/h3-8,10-11H,9,18H2,1-2H3,(H,19,20). The van der Waals surface area contributed by atoms with E-state index in [0.29, 0.717) is 22.9 Å². The number of hydrogen-bond acceptors (Lipinski definition) is 2. The van der Waals surface area contributed by atoms with Crippen molar-refractivity contribution in [3.8, 4) is 0 Å². The average molecular weight is 274 g/mol. The van der Waals surface area contributed by atoms with Crippen LogP contribution in [0.15, 0.2) is 36.4 Å². The zero-order chi connectivity index (χ0) is 14.7. The summed E-state index contributed by atoms with van der Waals surface area (Å²) in [5.41, 5.74) is 6.08. The van der Waals surface area contributed by atoms with Crippen molar-refractivity contribution < 1.29 is 9.18 Å². The van der Waals surface area contributed by atoms with E-state index in [2.05, 4.69) is 5.32 Å². The lowest BCUT2D eigenvalue weighted by Gasteiger charge is -2.20. The third kappa shape index (κ3) is 2.80. The Morgan fingerprint density at radius 3 is 2.50 bits per heavy atom. The number of nitrogens with one attached hydrogen (secondary N) is 1. The fourth-order valence-electron chi connectivity index (χ4n) is 2.09. The van der Waals surface area contributed by atoms with Crippen molar-refractivity contribution in [3.05, 3.63) is 47.8 Å². The number of fused-ring (bicyclic) bond motifs is 1. The Morgan fingerprint density at radius 2 is 1.85 bits per heavy atom. The van der Waals surface area contributed by atoms with Gasteiger partial charge >= 0.3 is 0 Å². The largest absolute Gasteiger partial charge is 0.349 e. The van der Waals surface area contributed by atoms with Gasteiger partial charge in [0.25, 0.3) is 5.91 Å². The van der Waals surface area contributed by atoms with Crippen molar-refractivity contribution in [3.63, 3.8) is 0 Å². The minimum absolute atomic E-state index is 0.0312. The van der Waals surface area contributed by atoms with Crippen LogP contribution in [0, 0.1) is 11.7 Å². The van der Waals surface area contributed by atoms with Gasteiger partial charge in [0.2, 0.25) is 0 Å². The highest BCUT2D eigenvalue weighted by Gasteiger charge is 2.17. The molecule has 0 aliphatic heterocycles. The highest BCUT2D eigenvalue weighted by Crippen LogP contribution is 2.22. The Kier molecular flexibility index (Phi) is 4.35. The lowest BCUT2D eigenvalue weighted by atomic mass is 10.0. The molecule has 20 heavy (non-hydrogen) atoms. The monoisotopic (exact) mass is 274 g/mol. The normalized spacial score (nSPS) is 14.0. The van der Waals surface area contributed by atoms with E-state index in [4.69, 9.17) is 5.73 Å². The fraction of sp³-hybridized carbons (Fsp3) is 0.312. The molecule has 1 amide bonds. The molecule has 0 fully saturated rings. The molecule has 0 bridgehead atoms. The van der Waals surface area contributed by atoms with Crippen LogP contribution in [0.1, 0.15) is 24.2 Å². The van der Waals surface area contributed by atoms with Crippen LogP contribution in [-0.2, 0) is 0 Å². The van der Waals surface area contributed by atoms with E-state index in [1.54, 1.807) is 24.3 Å². The van der Waals surface area contributed by atoms with Gasteiger partial charge in [0.15, 0.2) is 0 Å². The third-order valence-corrected chi connectivity index (χ3v) is 3.70. The molecule has 3 nitrogen and oxygen atoms in total. The molecule has 0 saturated heterocycles. The van der Waals surface area contributed by atoms with E-state index in [1.165, 1.54) is 12.1 Å². The first-order valence-corrected chi connectivity index (χ1v) is 6.72. The minimum atomic E-state index is -0.319. The second kappa shape index (κ2) is 6.01. The van der Waals surface area contributed by atoms with Crippen molar-refractivity contribution >= 4 is 16.7 Å². The van der Waals surface area contributed by atoms with Gasteiger partial charge in [-0.25, -0.2) is 4.39 Å². The number of benzene rings is 2. The SMILES string of the molecule is CC(CN)C(C)NC(=O)c1ccc(F)c2ccccc12. The maximum Gasteiger partial charge on any atom is 0.252 e. The molecule has 106 valence electrons. The van der Waals surface area contributed by atoms with Gasteiger partial charge < -0.3 is 11.1 Å². The summed E-state index contributed by atoms with van der Waals surface area (Å²) in [4.78, 5) is 12.3. The zero-order valence-electron chi connectivity index (χ0n) is 11.7. The van der Waals surface area contributed by atoms with Crippen LogP contribution in [0.3, 0.4) is 0 Å². The summed E-state index contributed by atoms with van der Waals surface area (Å²) in [6.45, 7) is 4.40. The predicted octanol–water partition coefficient (Wildman–Crippen LogP) is 2.69. The van der Waals surface area contributed by atoms with Gasteiger partial charge in [0.1, 0.15) is 5.82 Å². The molecule has 0 saturated carbocycles. The van der Waals surface area contributed by atoms with Gasteiger partial charge in [-0.2, -0.15) is 0 Å². The lowest BCUT2D eigenvalue weighted by molar-refractivity contribution is 0.0931. The van der Waals surface area contributed by atoms with Crippen LogP contribution < -0.4 is 11.1 Å². The zero-order valence-corrected chi connectivity index (χ0v) is 11.7. The number of amides is 1. The van der Waals surface area contributed by atoms with E-state index in [1.807, 2.05) is 13.8 Å². The Morgan fingerprint density at radius 1 is 1.20 bits per heavy atom. The molecule has 3 N–H and O–H groups in total. The molecule has 0 aromatic heterocycles. The van der Waals surface area contributed by atoms with Crippen LogP contribution in [0.2, 0.25) is 0 Å². The van der Waals surface area contributed by atoms with E-state index in [0.717, 1.165) is 0 Å². The second-order valence-corrected chi connectivity index (χ2v) is 5.12. The highest BCUT2D eigenvalue weighted by molar-refractivity contribution is 6.07. The van der Waals surface area contributed by atoms with Crippen LogP contribution in [0.4, 0.5) is 4.39 Å². The third-order valence-electron chi connectivity index (χ3n) is 3.70. The van der Waals surface area contributed by atoms with Crippen molar-refractivity contribution in [2.75, 3.05) is 6.54 Å². The van der Waals surface area contributed by atoms with Crippen molar-refractivity contribution in [2.45, 2.75) is 19.9 Å². The number of carbonyl (C=O) groups is 1. The molecule has 0 radical (unpaired) electrons. The topological polar surface area (TPSA) is 55.1 Å². The Balaban J connectivity index is 2.34. The molecule has 0 aliphatic rings. The fourth-order valence-corrected chi connectivity index (χ4v) is 2.09. The summed E-state index contributed by atoms with van der Waals surface area (Å²) in [6, 6.07) is 9.80. The van der Waals surface area contributed by atoms with Crippen molar-refractivity contribution in [2.24, 2.45) is 11.7 Å². The first-order chi connectivity index (χ1) is 9.54. The van der Waals surface area contributed by atoms with Gasteiger partial charge in [-0.3, -0.25) is 4.79 Å². The van der Waals surface area contributed by atoms with E-state index in [9.17, 15) is 9.18 Å². The number of hydrogen-bond donors (Lipinski definition) is 2. The molecule has 0 aliphatic carbocycles. The summed E-state index contributed by atoms with van der Waals surface area (Å²) < 4.78 is 13.7. The smallest absolute Gasteiger partial charge is 0.252 e. The molecule has 2 aromatic carbocycles. The first kappa shape index (κ1) is 14.5. The van der Waals surface area contributed by atoms with Gasteiger partial charge in [0.05, 0.1) is 0 Å². The molecular formula is C16H19FN2O. The highest BCUT2D eigenvalue weighted by atomic mass is 19.1. The first-order valence-electron chi connectivity index (χ1n) is 6.72. The van der Waals surface area contributed by atoms with Gasteiger partial charge in [-0.05, 0) is 36.9 Å². The maximum atomic E-state index is 13.7. The Hall–Kier alpha value is -1.94. The Bertz CT molecular complexity index is 627.